The van der Waals surface area contributed by atoms with E-state index in [4.69, 9.17) is 0 Å². The van der Waals surface area contributed by atoms with E-state index in [-0.39, 0.29) is 0 Å². The van der Waals surface area contributed by atoms with E-state index in [9.17, 15) is 0 Å². The zero-order valence-corrected chi connectivity index (χ0v) is 13.1. The zero-order chi connectivity index (χ0) is 14.2. The Labute approximate surface area is 130 Å². The molecule has 0 aliphatic rings. The summed E-state index contributed by atoms with van der Waals surface area (Å²) in [5.41, 5.74) is 4.45. The molecule has 2 heterocycles. The molecule has 0 aliphatic carbocycles. The van der Waals surface area contributed by atoms with Crippen molar-refractivity contribution in [3.8, 4) is 0 Å². The summed E-state index contributed by atoms with van der Waals surface area (Å²) < 4.78 is 1.24. The second-order valence-electron chi connectivity index (χ2n) is 4.93. The van der Waals surface area contributed by atoms with Crippen LogP contribution in [-0.4, -0.2) is 15.0 Å². The maximum atomic E-state index is 4.65. The fourth-order valence-corrected chi connectivity index (χ4v) is 4.13. The van der Waals surface area contributed by atoms with Crippen LogP contribution >= 0.6 is 23.1 Å². The number of nitrogens with one attached hydrogen (secondary N) is 1. The SMILES string of the molecule is Cc1ccc2nc(SCc3nc4ccccc4s3)[nH]c2c1. The molecule has 0 unspecified atom stereocenters. The minimum atomic E-state index is 0.845. The molecule has 2 aromatic heterocycles. The highest BCUT2D eigenvalue weighted by Crippen LogP contribution is 2.28. The molecule has 0 aliphatic heterocycles. The van der Waals surface area contributed by atoms with Gasteiger partial charge in [-0.2, -0.15) is 0 Å². The smallest absolute Gasteiger partial charge is 0.166 e. The lowest BCUT2D eigenvalue weighted by Gasteiger charge is -1.92. The molecule has 4 rings (SSSR count). The number of aromatic nitrogens is 3. The van der Waals surface area contributed by atoms with Crippen LogP contribution in [0.2, 0.25) is 0 Å². The molecule has 21 heavy (non-hydrogen) atoms. The standard InChI is InChI=1S/C16H13N3S2/c1-10-6-7-11-13(8-10)19-16(18-11)20-9-15-17-12-4-2-3-5-14(12)21-15/h2-8H,9H2,1H3,(H,18,19). The van der Waals surface area contributed by atoms with Gasteiger partial charge in [0.1, 0.15) is 5.01 Å². The van der Waals surface area contributed by atoms with Crippen LogP contribution in [0.3, 0.4) is 0 Å². The normalized spacial score (nSPS) is 11.5. The predicted octanol–water partition coefficient (Wildman–Crippen LogP) is 4.77. The van der Waals surface area contributed by atoms with Gasteiger partial charge in [0.25, 0.3) is 0 Å². The fourth-order valence-electron chi connectivity index (χ4n) is 2.28. The molecule has 4 aromatic rings. The van der Waals surface area contributed by atoms with Gasteiger partial charge in [0, 0.05) is 0 Å². The number of hydrogen-bond donors (Lipinski definition) is 1. The minimum absolute atomic E-state index is 0.845. The molecule has 0 fully saturated rings. The van der Waals surface area contributed by atoms with Gasteiger partial charge < -0.3 is 4.98 Å². The number of para-hydroxylation sites is 1. The maximum absolute atomic E-state index is 4.65. The molecule has 5 heteroatoms. The quantitative estimate of drug-likeness (QED) is 0.554. The Balaban J connectivity index is 1.57. The number of fused-ring (bicyclic) bond motifs is 2. The average molecular weight is 311 g/mol. The van der Waals surface area contributed by atoms with Gasteiger partial charge in [0.05, 0.1) is 27.0 Å². The summed E-state index contributed by atoms with van der Waals surface area (Å²) in [7, 11) is 0. The summed E-state index contributed by atoms with van der Waals surface area (Å²) in [6.07, 6.45) is 0. The number of nitrogens with zero attached hydrogens (tertiary/aromatic N) is 2. The number of rotatable bonds is 3. The summed E-state index contributed by atoms with van der Waals surface area (Å²) in [4.78, 5) is 12.6. The van der Waals surface area contributed by atoms with Crippen LogP contribution in [0.4, 0.5) is 0 Å². The van der Waals surface area contributed by atoms with E-state index in [2.05, 4.69) is 58.3 Å². The lowest BCUT2D eigenvalue weighted by molar-refractivity contribution is 1.08. The summed E-state index contributed by atoms with van der Waals surface area (Å²) in [6, 6.07) is 14.5. The molecular formula is C16H13N3S2. The van der Waals surface area contributed by atoms with Crippen LogP contribution in [-0.2, 0) is 5.75 Å². The van der Waals surface area contributed by atoms with Crippen molar-refractivity contribution in [1.29, 1.82) is 0 Å². The number of imidazole rings is 1. The lowest BCUT2D eigenvalue weighted by atomic mass is 10.2. The van der Waals surface area contributed by atoms with E-state index in [0.29, 0.717) is 0 Å². The second-order valence-corrected chi connectivity index (χ2v) is 7.01. The highest BCUT2D eigenvalue weighted by Gasteiger charge is 2.07. The molecule has 2 aromatic carbocycles. The van der Waals surface area contributed by atoms with Gasteiger partial charge in [-0.15, -0.1) is 11.3 Å². The molecule has 3 nitrogen and oxygen atoms in total. The number of H-pyrrole nitrogens is 1. The molecule has 0 bridgehead atoms. The van der Waals surface area contributed by atoms with Crippen LogP contribution < -0.4 is 0 Å². The van der Waals surface area contributed by atoms with Crippen molar-refractivity contribution >= 4 is 44.3 Å². The molecular weight excluding hydrogens is 298 g/mol. The van der Waals surface area contributed by atoms with Crippen molar-refractivity contribution in [1.82, 2.24) is 15.0 Å². The molecule has 1 N–H and O–H groups in total. The van der Waals surface area contributed by atoms with Crippen molar-refractivity contribution in [3.05, 3.63) is 53.0 Å². The highest BCUT2D eigenvalue weighted by atomic mass is 32.2. The van der Waals surface area contributed by atoms with Crippen LogP contribution in [0, 0.1) is 6.92 Å². The second kappa shape index (κ2) is 5.16. The summed E-state index contributed by atoms with van der Waals surface area (Å²) in [5.74, 6) is 0.845. The Bertz CT molecular complexity index is 890. The average Bonchev–Trinajstić information content (AvgIpc) is 3.07. The van der Waals surface area contributed by atoms with Crippen molar-refractivity contribution in [2.75, 3.05) is 0 Å². The first-order chi connectivity index (χ1) is 10.3. The largest absolute Gasteiger partial charge is 0.333 e. The van der Waals surface area contributed by atoms with Crippen molar-refractivity contribution in [2.24, 2.45) is 0 Å². The molecule has 0 atom stereocenters. The lowest BCUT2D eigenvalue weighted by Crippen LogP contribution is -1.79. The van der Waals surface area contributed by atoms with Gasteiger partial charge in [-0.3, -0.25) is 0 Å². The van der Waals surface area contributed by atoms with Gasteiger partial charge in [-0.05, 0) is 36.8 Å². The Hall–Kier alpha value is -1.85. The number of thioether (sulfide) groups is 1. The first-order valence-electron chi connectivity index (χ1n) is 6.71. The molecule has 104 valence electrons. The number of thiazole rings is 1. The van der Waals surface area contributed by atoms with Gasteiger partial charge >= 0.3 is 0 Å². The van der Waals surface area contributed by atoms with Gasteiger partial charge in [-0.25, -0.2) is 9.97 Å². The summed E-state index contributed by atoms with van der Waals surface area (Å²) in [6.45, 7) is 2.09. The topological polar surface area (TPSA) is 41.6 Å². The number of hydrogen-bond acceptors (Lipinski definition) is 4. The molecule has 0 radical (unpaired) electrons. The highest BCUT2D eigenvalue weighted by molar-refractivity contribution is 7.98. The van der Waals surface area contributed by atoms with Crippen LogP contribution in [0.15, 0.2) is 47.6 Å². The fraction of sp³-hybridized carbons (Fsp3) is 0.125. The van der Waals surface area contributed by atoms with Gasteiger partial charge in [0.2, 0.25) is 0 Å². The molecule has 0 spiro atoms. The van der Waals surface area contributed by atoms with Crippen molar-refractivity contribution in [3.63, 3.8) is 0 Å². The van der Waals surface area contributed by atoms with Crippen molar-refractivity contribution in [2.45, 2.75) is 17.8 Å². The Morgan fingerprint density at radius 3 is 2.90 bits per heavy atom. The third-order valence-corrected chi connectivity index (χ3v) is 5.39. The summed E-state index contributed by atoms with van der Waals surface area (Å²) >= 11 is 3.45. The van der Waals surface area contributed by atoms with E-state index >= 15 is 0 Å². The first-order valence-corrected chi connectivity index (χ1v) is 8.52. The van der Waals surface area contributed by atoms with E-state index in [0.717, 1.165) is 32.5 Å². The first kappa shape index (κ1) is 12.9. The van der Waals surface area contributed by atoms with Crippen molar-refractivity contribution < 1.29 is 0 Å². The Kier molecular flexibility index (Phi) is 3.16. The molecule has 0 saturated carbocycles. The van der Waals surface area contributed by atoms with E-state index < -0.39 is 0 Å². The van der Waals surface area contributed by atoms with Crippen LogP contribution in [0.25, 0.3) is 21.3 Å². The number of benzene rings is 2. The molecule has 0 saturated heterocycles. The number of aromatic amines is 1. The van der Waals surface area contributed by atoms with Crippen LogP contribution in [0.5, 0.6) is 0 Å². The Morgan fingerprint density at radius 1 is 1.10 bits per heavy atom. The van der Waals surface area contributed by atoms with E-state index in [1.54, 1.807) is 23.1 Å². The summed E-state index contributed by atoms with van der Waals surface area (Å²) in [5, 5.41) is 2.09. The van der Waals surface area contributed by atoms with Gasteiger partial charge in [-0.1, -0.05) is 30.0 Å². The monoisotopic (exact) mass is 311 g/mol. The van der Waals surface area contributed by atoms with E-state index in [1.165, 1.54) is 10.3 Å². The zero-order valence-electron chi connectivity index (χ0n) is 11.5. The van der Waals surface area contributed by atoms with Gasteiger partial charge in [0.15, 0.2) is 5.16 Å². The van der Waals surface area contributed by atoms with E-state index in [1.807, 2.05) is 6.07 Å². The third kappa shape index (κ3) is 2.54. The third-order valence-electron chi connectivity index (χ3n) is 3.29. The van der Waals surface area contributed by atoms with Crippen LogP contribution in [0.1, 0.15) is 10.6 Å². The predicted molar refractivity (Wildman–Crippen MR) is 90.0 cm³/mol. The number of aryl methyl sites for hydroxylation is 1. The molecule has 0 amide bonds. The maximum Gasteiger partial charge on any atom is 0.166 e. The Morgan fingerprint density at radius 2 is 2.00 bits per heavy atom. The minimum Gasteiger partial charge on any atom is -0.333 e.